The molecule has 14 heavy (non-hydrogen) atoms. The van der Waals surface area contributed by atoms with E-state index in [9.17, 15) is 8.42 Å². The van der Waals surface area contributed by atoms with Crippen molar-refractivity contribution in [3.63, 3.8) is 0 Å². The summed E-state index contributed by atoms with van der Waals surface area (Å²) in [7, 11) is -2.78. The van der Waals surface area contributed by atoms with Crippen molar-refractivity contribution in [1.82, 2.24) is 0 Å². The number of ether oxygens (including phenoxy) is 1. The van der Waals surface area contributed by atoms with Gasteiger partial charge in [-0.2, -0.15) is 0 Å². The van der Waals surface area contributed by atoms with Crippen LogP contribution < -0.4 is 5.73 Å². The van der Waals surface area contributed by atoms with Crippen molar-refractivity contribution in [1.29, 1.82) is 0 Å². The number of rotatable bonds is 1. The molecule has 0 aromatic carbocycles. The highest BCUT2D eigenvalue weighted by atomic mass is 32.2. The topological polar surface area (TPSA) is 69.4 Å². The zero-order valence-corrected chi connectivity index (χ0v) is 9.05. The maximum absolute atomic E-state index is 11.3. The second kappa shape index (κ2) is 3.47. The highest BCUT2D eigenvalue weighted by Crippen LogP contribution is 2.39. The Kier molecular flexibility index (Phi) is 2.57. The first-order valence-corrected chi connectivity index (χ1v) is 6.96. The van der Waals surface area contributed by atoms with Crippen LogP contribution in [0.15, 0.2) is 0 Å². The molecule has 4 nitrogen and oxygen atoms in total. The zero-order chi connectivity index (χ0) is 10.2. The summed E-state index contributed by atoms with van der Waals surface area (Å²) in [6.45, 7) is 0.550. The Balaban J connectivity index is 2.01. The molecule has 82 valence electrons. The van der Waals surface area contributed by atoms with E-state index in [2.05, 4.69) is 0 Å². The van der Waals surface area contributed by atoms with E-state index in [1.165, 1.54) is 0 Å². The number of hydrogen-bond acceptors (Lipinski definition) is 4. The first-order chi connectivity index (χ1) is 6.55. The second-order valence-electron chi connectivity index (χ2n) is 4.35. The molecule has 0 aromatic rings. The average molecular weight is 219 g/mol. The van der Waals surface area contributed by atoms with Crippen LogP contribution in [0.5, 0.6) is 0 Å². The minimum atomic E-state index is -2.78. The van der Waals surface area contributed by atoms with E-state index in [0.29, 0.717) is 19.4 Å². The Labute approximate surface area is 84.7 Å². The molecule has 1 spiro atoms. The lowest BCUT2D eigenvalue weighted by Crippen LogP contribution is -2.40. The van der Waals surface area contributed by atoms with Gasteiger partial charge in [-0.15, -0.1) is 0 Å². The molecule has 0 saturated carbocycles. The van der Waals surface area contributed by atoms with Gasteiger partial charge in [0.15, 0.2) is 9.84 Å². The molecule has 2 N–H and O–H groups in total. The van der Waals surface area contributed by atoms with Crippen LogP contribution in [0.3, 0.4) is 0 Å². The van der Waals surface area contributed by atoms with Crippen LogP contribution in [0.4, 0.5) is 0 Å². The number of sulfone groups is 1. The first-order valence-electron chi connectivity index (χ1n) is 5.14. The molecule has 2 aliphatic rings. The van der Waals surface area contributed by atoms with E-state index in [4.69, 9.17) is 10.5 Å². The lowest BCUT2D eigenvalue weighted by Gasteiger charge is -2.33. The normalized spacial score (nSPS) is 34.8. The molecule has 0 bridgehead atoms. The van der Waals surface area contributed by atoms with Gasteiger partial charge in [-0.1, -0.05) is 0 Å². The molecule has 2 saturated heterocycles. The summed E-state index contributed by atoms with van der Waals surface area (Å²) in [5.41, 5.74) is 5.38. The Bertz CT molecular complexity index is 298. The van der Waals surface area contributed by atoms with Gasteiger partial charge in [-0.3, -0.25) is 0 Å². The third kappa shape index (κ3) is 1.94. The van der Waals surface area contributed by atoms with Crippen LogP contribution in [-0.4, -0.2) is 38.2 Å². The van der Waals surface area contributed by atoms with Gasteiger partial charge in [0.1, 0.15) is 0 Å². The summed E-state index contributed by atoms with van der Waals surface area (Å²) >= 11 is 0. The Morgan fingerprint density at radius 2 is 1.93 bits per heavy atom. The SMILES string of the molecule is NC[C@@H]1CCC2(CCS(=O)(=O)CC2)O1. The van der Waals surface area contributed by atoms with Crippen molar-refractivity contribution in [2.45, 2.75) is 37.4 Å². The van der Waals surface area contributed by atoms with Crippen LogP contribution in [0, 0.1) is 0 Å². The van der Waals surface area contributed by atoms with Gasteiger partial charge in [0, 0.05) is 6.54 Å². The zero-order valence-electron chi connectivity index (χ0n) is 8.24. The molecule has 2 heterocycles. The maximum Gasteiger partial charge on any atom is 0.150 e. The third-order valence-corrected chi connectivity index (χ3v) is 4.99. The molecule has 2 fully saturated rings. The van der Waals surface area contributed by atoms with Crippen LogP contribution >= 0.6 is 0 Å². The standard InChI is InChI=1S/C9H17NO3S/c10-7-8-1-2-9(13-8)3-5-14(11,12)6-4-9/h8H,1-7,10H2/t8-/m0/s1. The predicted octanol–water partition coefficient (Wildman–Crippen LogP) is 0.0715. The Morgan fingerprint density at radius 1 is 1.29 bits per heavy atom. The highest BCUT2D eigenvalue weighted by Gasteiger charge is 2.43. The molecule has 2 rings (SSSR count). The Morgan fingerprint density at radius 3 is 2.43 bits per heavy atom. The Hall–Kier alpha value is -0.130. The van der Waals surface area contributed by atoms with E-state index in [0.717, 1.165) is 12.8 Å². The van der Waals surface area contributed by atoms with E-state index in [1.54, 1.807) is 0 Å². The fourth-order valence-electron chi connectivity index (χ4n) is 2.34. The van der Waals surface area contributed by atoms with Gasteiger partial charge >= 0.3 is 0 Å². The largest absolute Gasteiger partial charge is 0.370 e. The smallest absolute Gasteiger partial charge is 0.150 e. The summed E-state index contributed by atoms with van der Waals surface area (Å²) in [4.78, 5) is 0. The lowest BCUT2D eigenvalue weighted by atomic mass is 9.93. The third-order valence-electron chi connectivity index (χ3n) is 3.34. The van der Waals surface area contributed by atoms with Crippen LogP contribution in [-0.2, 0) is 14.6 Å². The monoisotopic (exact) mass is 219 g/mol. The van der Waals surface area contributed by atoms with Gasteiger partial charge in [0.05, 0.1) is 23.2 Å². The molecule has 0 radical (unpaired) electrons. The number of nitrogens with two attached hydrogens (primary N) is 1. The summed E-state index contributed by atoms with van der Waals surface area (Å²) in [6.07, 6.45) is 3.43. The molecule has 0 aliphatic carbocycles. The maximum atomic E-state index is 11.3. The molecule has 1 atom stereocenters. The number of hydrogen-bond donors (Lipinski definition) is 1. The van der Waals surface area contributed by atoms with E-state index < -0.39 is 9.84 Å². The van der Waals surface area contributed by atoms with Gasteiger partial charge in [0.2, 0.25) is 0 Å². The van der Waals surface area contributed by atoms with Crippen LogP contribution in [0.1, 0.15) is 25.7 Å². The van der Waals surface area contributed by atoms with Crippen molar-refractivity contribution >= 4 is 9.84 Å². The quantitative estimate of drug-likeness (QED) is 0.677. The van der Waals surface area contributed by atoms with Crippen LogP contribution in [0.2, 0.25) is 0 Å². The van der Waals surface area contributed by atoms with Gasteiger partial charge in [0.25, 0.3) is 0 Å². The molecule has 0 unspecified atom stereocenters. The van der Waals surface area contributed by atoms with Crippen molar-refractivity contribution in [2.75, 3.05) is 18.1 Å². The molecule has 0 aromatic heterocycles. The van der Waals surface area contributed by atoms with E-state index in [1.807, 2.05) is 0 Å². The summed E-state index contributed by atoms with van der Waals surface area (Å²) < 4.78 is 28.4. The summed E-state index contributed by atoms with van der Waals surface area (Å²) in [5, 5.41) is 0. The van der Waals surface area contributed by atoms with Gasteiger partial charge in [-0.05, 0) is 25.7 Å². The lowest BCUT2D eigenvalue weighted by molar-refractivity contribution is -0.0434. The molecular formula is C9H17NO3S. The minimum Gasteiger partial charge on any atom is -0.370 e. The summed E-state index contributed by atoms with van der Waals surface area (Å²) in [6, 6.07) is 0. The molecule has 2 aliphatic heterocycles. The summed E-state index contributed by atoms with van der Waals surface area (Å²) in [5.74, 6) is 0.564. The van der Waals surface area contributed by atoms with Gasteiger partial charge in [-0.25, -0.2) is 8.42 Å². The van der Waals surface area contributed by atoms with E-state index in [-0.39, 0.29) is 23.2 Å². The highest BCUT2D eigenvalue weighted by molar-refractivity contribution is 7.91. The predicted molar refractivity (Wildman–Crippen MR) is 53.8 cm³/mol. The van der Waals surface area contributed by atoms with Gasteiger partial charge < -0.3 is 10.5 Å². The second-order valence-corrected chi connectivity index (χ2v) is 6.65. The fourth-order valence-corrected chi connectivity index (χ4v) is 3.91. The molecule has 5 heteroatoms. The van der Waals surface area contributed by atoms with Crippen molar-refractivity contribution in [3.05, 3.63) is 0 Å². The van der Waals surface area contributed by atoms with Crippen molar-refractivity contribution < 1.29 is 13.2 Å². The molecular weight excluding hydrogens is 202 g/mol. The molecule has 0 amide bonds. The first kappa shape index (κ1) is 10.4. The minimum absolute atomic E-state index is 0.149. The van der Waals surface area contributed by atoms with Crippen LogP contribution in [0.25, 0.3) is 0 Å². The fraction of sp³-hybridized carbons (Fsp3) is 1.00. The average Bonchev–Trinajstić information content (AvgIpc) is 2.56. The van der Waals surface area contributed by atoms with E-state index >= 15 is 0 Å². The van der Waals surface area contributed by atoms with Crippen molar-refractivity contribution in [3.8, 4) is 0 Å². The van der Waals surface area contributed by atoms with Crippen molar-refractivity contribution in [2.24, 2.45) is 5.73 Å².